The SMILES string of the molecule is CCc1c(C)sc(NC(=O)C2CCCN(C(=O)N3CCCC3)C2)c1C(=O)O. The molecule has 2 N–H and O–H groups in total. The van der Waals surface area contributed by atoms with Crippen molar-refractivity contribution in [3.05, 3.63) is 16.0 Å². The van der Waals surface area contributed by atoms with Crippen LogP contribution in [-0.2, 0) is 11.2 Å². The number of carboxylic acids is 1. The van der Waals surface area contributed by atoms with Gasteiger partial charge < -0.3 is 20.2 Å². The molecule has 2 aliphatic rings. The molecule has 3 rings (SSSR count). The molecule has 2 saturated heterocycles. The Bertz CT molecular complexity index is 740. The fourth-order valence-corrected chi connectivity index (χ4v) is 5.15. The average Bonchev–Trinajstić information content (AvgIpc) is 3.28. The molecule has 2 aliphatic heterocycles. The third-order valence-corrected chi connectivity index (χ3v) is 6.52. The number of hydrogen-bond acceptors (Lipinski definition) is 4. The summed E-state index contributed by atoms with van der Waals surface area (Å²) in [5.74, 6) is -1.51. The third kappa shape index (κ3) is 4.10. The highest BCUT2D eigenvalue weighted by Crippen LogP contribution is 2.34. The molecule has 8 heteroatoms. The average molecular weight is 394 g/mol. The predicted molar refractivity (Wildman–Crippen MR) is 105 cm³/mol. The van der Waals surface area contributed by atoms with Gasteiger partial charge in [-0.05, 0) is 44.6 Å². The molecule has 0 aliphatic carbocycles. The van der Waals surface area contributed by atoms with Crippen LogP contribution in [0.1, 0.15) is 53.4 Å². The fourth-order valence-electron chi connectivity index (χ4n) is 4.01. The number of aromatic carboxylic acids is 1. The second-order valence-corrected chi connectivity index (χ2v) is 8.48. The van der Waals surface area contributed by atoms with Gasteiger partial charge in [0.2, 0.25) is 5.91 Å². The molecule has 0 spiro atoms. The van der Waals surface area contributed by atoms with Crippen molar-refractivity contribution in [3.63, 3.8) is 0 Å². The van der Waals surface area contributed by atoms with Crippen LogP contribution in [0.15, 0.2) is 0 Å². The van der Waals surface area contributed by atoms with Crippen molar-refractivity contribution in [1.82, 2.24) is 9.80 Å². The topological polar surface area (TPSA) is 90.0 Å². The number of nitrogens with one attached hydrogen (secondary N) is 1. The number of nitrogens with zero attached hydrogens (tertiary/aromatic N) is 2. The van der Waals surface area contributed by atoms with E-state index in [-0.39, 0.29) is 23.4 Å². The fraction of sp³-hybridized carbons (Fsp3) is 0.632. The Balaban J connectivity index is 1.69. The summed E-state index contributed by atoms with van der Waals surface area (Å²) in [7, 11) is 0. The number of likely N-dealkylation sites (tertiary alicyclic amines) is 2. The maximum atomic E-state index is 12.8. The lowest BCUT2D eigenvalue weighted by Gasteiger charge is -2.34. The second-order valence-electron chi connectivity index (χ2n) is 7.25. The van der Waals surface area contributed by atoms with Crippen molar-refractivity contribution in [2.75, 3.05) is 31.5 Å². The van der Waals surface area contributed by atoms with Crippen LogP contribution in [0, 0.1) is 12.8 Å². The molecule has 0 radical (unpaired) electrons. The van der Waals surface area contributed by atoms with E-state index in [1.54, 1.807) is 4.90 Å². The number of thiophene rings is 1. The van der Waals surface area contributed by atoms with E-state index in [0.29, 0.717) is 30.9 Å². The Morgan fingerprint density at radius 1 is 1.15 bits per heavy atom. The van der Waals surface area contributed by atoms with Gasteiger partial charge in [0.05, 0.1) is 11.5 Å². The first-order valence-electron chi connectivity index (χ1n) is 9.62. The molecule has 3 amide bonds. The maximum Gasteiger partial charge on any atom is 0.339 e. The molecule has 7 nitrogen and oxygen atoms in total. The quantitative estimate of drug-likeness (QED) is 0.822. The summed E-state index contributed by atoms with van der Waals surface area (Å²) in [6.45, 7) is 6.45. The number of carbonyl (C=O) groups excluding carboxylic acids is 2. The first-order valence-corrected chi connectivity index (χ1v) is 10.4. The molecule has 1 aromatic rings. The Kier molecular flexibility index (Phi) is 6.04. The van der Waals surface area contributed by atoms with Gasteiger partial charge in [0.15, 0.2) is 0 Å². The molecule has 1 atom stereocenters. The summed E-state index contributed by atoms with van der Waals surface area (Å²) in [4.78, 5) is 41.6. The zero-order valence-corrected chi connectivity index (χ0v) is 16.7. The molecule has 3 heterocycles. The molecule has 1 aromatic heterocycles. The van der Waals surface area contributed by atoms with E-state index in [4.69, 9.17) is 0 Å². The van der Waals surface area contributed by atoms with Gasteiger partial charge in [0.1, 0.15) is 5.00 Å². The summed E-state index contributed by atoms with van der Waals surface area (Å²) in [5.41, 5.74) is 0.978. The van der Waals surface area contributed by atoms with E-state index in [1.165, 1.54) is 11.3 Å². The minimum atomic E-state index is -1.01. The smallest absolute Gasteiger partial charge is 0.339 e. The summed E-state index contributed by atoms with van der Waals surface area (Å²) in [5, 5.41) is 12.8. The number of hydrogen-bond donors (Lipinski definition) is 2. The van der Waals surface area contributed by atoms with Gasteiger partial charge in [-0.25, -0.2) is 9.59 Å². The van der Waals surface area contributed by atoms with Crippen molar-refractivity contribution >= 4 is 34.2 Å². The van der Waals surface area contributed by atoms with E-state index in [1.807, 2.05) is 18.7 Å². The Morgan fingerprint density at radius 2 is 1.81 bits per heavy atom. The van der Waals surface area contributed by atoms with E-state index >= 15 is 0 Å². The Hall–Kier alpha value is -2.09. The standard InChI is InChI=1S/C19H27N3O4S/c1-3-14-12(2)27-17(15(14)18(24)25)20-16(23)13-7-6-10-22(11-13)19(26)21-8-4-5-9-21/h13H,3-11H2,1-2H3,(H,20,23)(H,24,25). The van der Waals surface area contributed by atoms with Crippen LogP contribution in [0.25, 0.3) is 0 Å². The summed E-state index contributed by atoms with van der Waals surface area (Å²) >= 11 is 1.31. The van der Waals surface area contributed by atoms with Gasteiger partial charge in [-0.3, -0.25) is 4.79 Å². The summed E-state index contributed by atoms with van der Waals surface area (Å²) < 4.78 is 0. The first kappa shape index (κ1) is 19.7. The van der Waals surface area contributed by atoms with Crippen molar-refractivity contribution < 1.29 is 19.5 Å². The van der Waals surface area contributed by atoms with E-state index < -0.39 is 5.97 Å². The molecule has 2 fully saturated rings. The molecule has 27 heavy (non-hydrogen) atoms. The molecular formula is C19H27N3O4S. The largest absolute Gasteiger partial charge is 0.478 e. The minimum Gasteiger partial charge on any atom is -0.478 e. The van der Waals surface area contributed by atoms with Gasteiger partial charge in [-0.1, -0.05) is 6.92 Å². The van der Waals surface area contributed by atoms with Crippen LogP contribution in [0.3, 0.4) is 0 Å². The van der Waals surface area contributed by atoms with Crippen LogP contribution in [0.5, 0.6) is 0 Å². The third-order valence-electron chi connectivity index (χ3n) is 5.45. The van der Waals surface area contributed by atoms with E-state index in [2.05, 4.69) is 5.32 Å². The van der Waals surface area contributed by atoms with Gasteiger partial charge in [-0.2, -0.15) is 0 Å². The van der Waals surface area contributed by atoms with Crippen molar-refractivity contribution in [2.45, 2.75) is 46.0 Å². The van der Waals surface area contributed by atoms with Gasteiger partial charge in [-0.15, -0.1) is 11.3 Å². The van der Waals surface area contributed by atoms with Crippen molar-refractivity contribution in [1.29, 1.82) is 0 Å². The van der Waals surface area contributed by atoms with Crippen LogP contribution >= 0.6 is 11.3 Å². The number of urea groups is 1. The second kappa shape index (κ2) is 8.29. The normalized spacial score (nSPS) is 20.0. The van der Waals surface area contributed by atoms with E-state index in [0.717, 1.165) is 42.8 Å². The lowest BCUT2D eigenvalue weighted by molar-refractivity contribution is -0.121. The van der Waals surface area contributed by atoms with E-state index in [9.17, 15) is 19.5 Å². The van der Waals surface area contributed by atoms with Crippen LogP contribution < -0.4 is 5.32 Å². The molecule has 0 saturated carbocycles. The van der Waals surface area contributed by atoms with Crippen LogP contribution in [-0.4, -0.2) is 59.0 Å². The Morgan fingerprint density at radius 3 is 2.44 bits per heavy atom. The molecular weight excluding hydrogens is 366 g/mol. The lowest BCUT2D eigenvalue weighted by atomic mass is 9.97. The van der Waals surface area contributed by atoms with Gasteiger partial charge >= 0.3 is 12.0 Å². The number of aryl methyl sites for hydroxylation is 1. The number of carbonyl (C=O) groups is 3. The summed E-state index contributed by atoms with van der Waals surface area (Å²) in [6.07, 6.45) is 4.19. The zero-order chi connectivity index (χ0) is 19.6. The maximum absolute atomic E-state index is 12.8. The highest BCUT2D eigenvalue weighted by molar-refractivity contribution is 7.16. The number of amides is 3. The monoisotopic (exact) mass is 393 g/mol. The van der Waals surface area contributed by atoms with Gasteiger partial charge in [0, 0.05) is 31.1 Å². The molecule has 0 bridgehead atoms. The van der Waals surface area contributed by atoms with Crippen LogP contribution in [0.2, 0.25) is 0 Å². The highest BCUT2D eigenvalue weighted by atomic mass is 32.1. The molecule has 148 valence electrons. The minimum absolute atomic E-state index is 0.0245. The highest BCUT2D eigenvalue weighted by Gasteiger charge is 2.32. The predicted octanol–water partition coefficient (Wildman–Crippen LogP) is 3.18. The Labute approximate surface area is 163 Å². The van der Waals surface area contributed by atoms with Crippen LogP contribution in [0.4, 0.5) is 9.80 Å². The summed E-state index contributed by atoms with van der Waals surface area (Å²) in [6, 6.07) is 0.0245. The number of carboxylic acid groups (broad SMARTS) is 1. The van der Waals surface area contributed by atoms with Gasteiger partial charge in [0.25, 0.3) is 0 Å². The lowest BCUT2D eigenvalue weighted by Crippen LogP contribution is -2.48. The molecule has 1 unspecified atom stereocenters. The number of anilines is 1. The zero-order valence-electron chi connectivity index (χ0n) is 15.9. The van der Waals surface area contributed by atoms with Crippen molar-refractivity contribution in [2.24, 2.45) is 5.92 Å². The first-order chi connectivity index (χ1) is 12.9. The molecule has 0 aromatic carbocycles. The van der Waals surface area contributed by atoms with Crippen molar-refractivity contribution in [3.8, 4) is 0 Å². The number of piperidine rings is 1. The number of rotatable bonds is 4.